The first kappa shape index (κ1) is 23.0. The average molecular weight is 510 g/mol. The molecule has 0 aliphatic rings. The number of rotatable bonds is 7. The molecule has 0 atom stereocenters. The minimum atomic E-state index is -2.50. The van der Waals surface area contributed by atoms with Gasteiger partial charge in [-0.3, -0.25) is 4.98 Å². The molecule has 1 N–H and O–H groups in total. The largest absolute Gasteiger partial charge is 0.500 e. The highest BCUT2D eigenvalue weighted by Gasteiger charge is 2.36. The summed E-state index contributed by atoms with van der Waals surface area (Å²) < 4.78 is 21.0. The maximum absolute atomic E-state index is 10.7. The lowest BCUT2D eigenvalue weighted by atomic mass is 10.2. The van der Waals surface area contributed by atoms with E-state index in [4.69, 9.17) is 13.3 Å². The summed E-state index contributed by atoms with van der Waals surface area (Å²) in [5, 5.41) is 3.69. The van der Waals surface area contributed by atoms with E-state index in [9.17, 15) is 4.79 Å². The third-order valence-electron chi connectivity index (χ3n) is 3.52. The number of nitrogens with one attached hydrogen (secondary N) is 1. The SMILES string of the molecule is Brc1cccc2ncccc12.CO[Si](CCCNC(=O)OBr)(OC)OC. The molecule has 0 radical (unpaired) electrons. The zero-order valence-electron chi connectivity index (χ0n) is 14.8. The summed E-state index contributed by atoms with van der Waals surface area (Å²) in [5.41, 5.74) is 1.03. The molecule has 0 spiro atoms. The number of carbonyl (C=O) groups excluding carboxylic acids is 1. The molecule has 144 valence electrons. The summed E-state index contributed by atoms with van der Waals surface area (Å²) in [4.78, 5) is 14.9. The fraction of sp³-hybridized carbons (Fsp3) is 0.375. The van der Waals surface area contributed by atoms with Crippen LogP contribution in [-0.2, 0) is 17.1 Å². The normalized spacial score (nSPS) is 10.8. The van der Waals surface area contributed by atoms with Crippen molar-refractivity contribution in [2.45, 2.75) is 12.5 Å². The molecule has 2 aromatic rings. The summed E-state index contributed by atoms with van der Waals surface area (Å²) >= 11 is 6.03. The molecule has 7 nitrogen and oxygen atoms in total. The highest BCUT2D eigenvalue weighted by molar-refractivity contribution is 9.10. The quantitative estimate of drug-likeness (QED) is 0.443. The molecule has 10 heteroatoms. The lowest BCUT2D eigenvalue weighted by Crippen LogP contribution is -2.43. The van der Waals surface area contributed by atoms with Gasteiger partial charge in [0.2, 0.25) is 0 Å². The third-order valence-corrected chi connectivity index (χ3v) is 7.34. The molecule has 0 bridgehead atoms. The molecule has 26 heavy (non-hydrogen) atoms. The van der Waals surface area contributed by atoms with Gasteiger partial charge < -0.3 is 22.4 Å². The van der Waals surface area contributed by atoms with Crippen LogP contribution in [0.2, 0.25) is 6.04 Å². The summed E-state index contributed by atoms with van der Waals surface area (Å²) in [6.45, 7) is 0.481. The van der Waals surface area contributed by atoms with Crippen LogP contribution in [0.25, 0.3) is 10.9 Å². The van der Waals surface area contributed by atoms with Crippen LogP contribution in [0.15, 0.2) is 41.0 Å². The molecule has 2 rings (SSSR count). The Balaban J connectivity index is 0.000000269. The minimum absolute atomic E-state index is 0.481. The minimum Gasteiger partial charge on any atom is -0.377 e. The number of fused-ring (bicyclic) bond motifs is 1. The highest BCUT2D eigenvalue weighted by Crippen LogP contribution is 2.21. The number of aromatic nitrogens is 1. The number of carbonyl (C=O) groups is 1. The van der Waals surface area contributed by atoms with Crippen molar-refractivity contribution in [1.82, 2.24) is 10.3 Å². The Labute approximate surface area is 171 Å². The number of benzene rings is 1. The molecule has 1 aromatic heterocycles. The van der Waals surface area contributed by atoms with Gasteiger partial charge in [-0.05, 0) is 24.6 Å². The Morgan fingerprint density at radius 3 is 2.42 bits per heavy atom. The molecule has 0 fully saturated rings. The van der Waals surface area contributed by atoms with Crippen molar-refractivity contribution in [2.24, 2.45) is 0 Å². The van der Waals surface area contributed by atoms with Crippen LogP contribution in [-0.4, -0.2) is 47.8 Å². The van der Waals surface area contributed by atoms with Gasteiger partial charge in [0.1, 0.15) is 0 Å². The van der Waals surface area contributed by atoms with Gasteiger partial charge >= 0.3 is 14.9 Å². The van der Waals surface area contributed by atoms with Gasteiger partial charge in [-0.15, -0.1) is 0 Å². The van der Waals surface area contributed by atoms with Gasteiger partial charge in [0, 0.05) is 50.0 Å². The molecular formula is C16H22Br2N2O5Si. The van der Waals surface area contributed by atoms with E-state index in [1.165, 1.54) is 0 Å². The topological polar surface area (TPSA) is 78.9 Å². The van der Waals surface area contributed by atoms with Crippen molar-refractivity contribution >= 4 is 58.0 Å². The standard InChI is InChI=1S/C9H6BrN.C7H16BrNO5Si/c10-8-4-1-5-9-7(8)3-2-6-11-9;1-11-15(12-2,13-3)6-4-5-9-7(10)14-8/h1-6H;4-6H2,1-3H3,(H,9,10). The van der Waals surface area contributed by atoms with Crippen LogP contribution in [0.3, 0.4) is 0 Å². The van der Waals surface area contributed by atoms with Crippen LogP contribution in [0.1, 0.15) is 6.42 Å². The molecule has 0 saturated carbocycles. The van der Waals surface area contributed by atoms with Gasteiger partial charge in [-0.25, -0.2) is 4.79 Å². The zero-order chi connectivity index (χ0) is 19.4. The van der Waals surface area contributed by atoms with E-state index in [1.54, 1.807) is 27.5 Å². The van der Waals surface area contributed by atoms with Crippen molar-refractivity contribution in [3.05, 3.63) is 41.0 Å². The monoisotopic (exact) mass is 508 g/mol. The fourth-order valence-electron chi connectivity index (χ4n) is 2.14. The number of amides is 1. The van der Waals surface area contributed by atoms with Crippen molar-refractivity contribution in [1.29, 1.82) is 0 Å². The van der Waals surface area contributed by atoms with Crippen molar-refractivity contribution in [3.63, 3.8) is 0 Å². The van der Waals surface area contributed by atoms with E-state index in [-0.39, 0.29) is 0 Å². The second-order valence-electron chi connectivity index (χ2n) is 5.00. The van der Waals surface area contributed by atoms with E-state index in [0.29, 0.717) is 19.0 Å². The van der Waals surface area contributed by atoms with E-state index < -0.39 is 14.9 Å². The number of hydrogen-bond acceptors (Lipinski definition) is 6. The fourth-order valence-corrected chi connectivity index (χ4v) is 4.47. The van der Waals surface area contributed by atoms with Gasteiger partial charge in [0.25, 0.3) is 0 Å². The predicted octanol–water partition coefficient (Wildman–Crippen LogP) is 4.29. The van der Waals surface area contributed by atoms with E-state index >= 15 is 0 Å². The predicted molar refractivity (Wildman–Crippen MR) is 109 cm³/mol. The maximum atomic E-state index is 10.7. The summed E-state index contributed by atoms with van der Waals surface area (Å²) in [5.74, 6) is 0. The van der Waals surface area contributed by atoms with Crippen LogP contribution in [0.4, 0.5) is 4.79 Å². The first-order valence-electron chi connectivity index (χ1n) is 7.73. The van der Waals surface area contributed by atoms with Gasteiger partial charge in [-0.2, -0.15) is 0 Å². The Kier molecular flexibility index (Phi) is 10.9. The van der Waals surface area contributed by atoms with Crippen LogP contribution >= 0.6 is 32.2 Å². The first-order chi connectivity index (χ1) is 12.5. The third kappa shape index (κ3) is 7.29. The van der Waals surface area contributed by atoms with E-state index in [0.717, 1.165) is 15.4 Å². The Hall–Kier alpha value is -1.04. The molecule has 0 aliphatic carbocycles. The summed E-state index contributed by atoms with van der Waals surface area (Å²) in [6, 6.07) is 10.6. The summed E-state index contributed by atoms with van der Waals surface area (Å²) in [6.07, 6.45) is 1.98. The molecule has 1 heterocycles. The second-order valence-corrected chi connectivity index (χ2v) is 9.27. The smallest absolute Gasteiger partial charge is 0.377 e. The highest BCUT2D eigenvalue weighted by atomic mass is 79.9. The Morgan fingerprint density at radius 2 is 1.85 bits per heavy atom. The second kappa shape index (κ2) is 12.4. The lowest BCUT2D eigenvalue weighted by Gasteiger charge is -2.24. The molecule has 1 amide bonds. The van der Waals surface area contributed by atoms with Crippen molar-refractivity contribution in [3.8, 4) is 0 Å². The summed E-state index contributed by atoms with van der Waals surface area (Å²) in [7, 11) is 2.16. The lowest BCUT2D eigenvalue weighted by molar-refractivity contribution is 0.123. The molecule has 0 saturated heterocycles. The number of halogens is 2. The number of nitrogens with zero attached hydrogens (tertiary/aromatic N) is 1. The molecule has 0 unspecified atom stereocenters. The average Bonchev–Trinajstić information content (AvgIpc) is 2.69. The van der Waals surface area contributed by atoms with E-state index in [1.807, 2.05) is 30.3 Å². The molecular weight excluding hydrogens is 488 g/mol. The van der Waals surface area contributed by atoms with Gasteiger partial charge in [0.15, 0.2) is 16.3 Å². The first-order valence-corrected chi connectivity index (χ1v) is 11.1. The van der Waals surface area contributed by atoms with E-state index in [2.05, 4.69) is 46.3 Å². The van der Waals surface area contributed by atoms with Crippen LogP contribution < -0.4 is 5.32 Å². The maximum Gasteiger partial charge on any atom is 0.500 e. The Bertz CT molecular complexity index is 675. The van der Waals surface area contributed by atoms with Gasteiger partial charge in [-0.1, -0.05) is 28.1 Å². The van der Waals surface area contributed by atoms with Gasteiger partial charge in [0.05, 0.1) is 5.52 Å². The Morgan fingerprint density at radius 1 is 1.15 bits per heavy atom. The van der Waals surface area contributed by atoms with Crippen LogP contribution in [0, 0.1) is 0 Å². The number of hydrogen-bond donors (Lipinski definition) is 1. The number of pyridine rings is 1. The van der Waals surface area contributed by atoms with Crippen molar-refractivity contribution < 1.29 is 21.9 Å². The van der Waals surface area contributed by atoms with Crippen molar-refractivity contribution in [2.75, 3.05) is 27.9 Å². The molecule has 0 aliphatic heterocycles. The zero-order valence-corrected chi connectivity index (χ0v) is 19.0. The molecule has 1 aromatic carbocycles. The van der Waals surface area contributed by atoms with Crippen LogP contribution in [0.5, 0.6) is 0 Å².